The topological polar surface area (TPSA) is 16.1 Å². The van der Waals surface area contributed by atoms with Crippen molar-refractivity contribution >= 4 is 5.69 Å². The average Bonchev–Trinajstić information content (AvgIpc) is 3.18. The lowest BCUT2D eigenvalue weighted by atomic mass is 10.0. The minimum atomic E-state index is 0.283. The van der Waals surface area contributed by atoms with E-state index in [1.165, 1.54) is 36.9 Å². The normalized spacial score (nSPS) is 19.9. The molecule has 0 amide bonds. The highest BCUT2D eigenvalue weighted by Crippen LogP contribution is 2.44. The first kappa shape index (κ1) is 13.5. The van der Waals surface area contributed by atoms with Crippen molar-refractivity contribution in [3.8, 4) is 11.8 Å². The number of hydrogen-bond donors (Lipinski definition) is 0. The van der Waals surface area contributed by atoms with Gasteiger partial charge >= 0.3 is 0 Å². The molecule has 1 aliphatic heterocycles. The Morgan fingerprint density at radius 3 is 2.75 bits per heavy atom. The van der Waals surface area contributed by atoms with Gasteiger partial charge in [0.05, 0.1) is 11.9 Å². The maximum atomic E-state index is 4.45. The van der Waals surface area contributed by atoms with Gasteiger partial charge in [-0.15, -0.1) is 0 Å². The molecule has 0 radical (unpaired) electrons. The Hall–Kier alpha value is -1.49. The van der Waals surface area contributed by atoms with Crippen molar-refractivity contribution in [3.63, 3.8) is 0 Å². The van der Waals surface area contributed by atoms with Crippen LogP contribution in [0, 0.1) is 17.3 Å². The molecule has 0 aromatic carbocycles. The van der Waals surface area contributed by atoms with Crippen molar-refractivity contribution in [2.45, 2.75) is 58.9 Å². The lowest BCUT2D eigenvalue weighted by molar-refractivity contribution is 0.652. The Balaban J connectivity index is 2.00. The van der Waals surface area contributed by atoms with Crippen LogP contribution in [0.25, 0.3) is 0 Å². The molecule has 2 heterocycles. The summed E-state index contributed by atoms with van der Waals surface area (Å²) in [5.74, 6) is 6.88. The minimum Gasteiger partial charge on any atom is -0.368 e. The van der Waals surface area contributed by atoms with Gasteiger partial charge in [0.2, 0.25) is 0 Å². The van der Waals surface area contributed by atoms with E-state index in [1.807, 2.05) is 12.4 Å². The number of anilines is 1. The Labute approximate surface area is 122 Å². The summed E-state index contributed by atoms with van der Waals surface area (Å²) in [5.41, 5.74) is 4.17. The number of nitrogens with zero attached hydrogens (tertiary/aromatic N) is 2. The molecule has 0 spiro atoms. The smallest absolute Gasteiger partial charge is 0.0600 e. The largest absolute Gasteiger partial charge is 0.368 e. The Morgan fingerprint density at radius 2 is 2.05 bits per heavy atom. The molecule has 0 N–H and O–H groups in total. The van der Waals surface area contributed by atoms with Crippen LogP contribution in [-0.4, -0.2) is 17.6 Å². The van der Waals surface area contributed by atoms with Crippen molar-refractivity contribution in [2.75, 3.05) is 11.4 Å². The minimum absolute atomic E-state index is 0.283. The molecule has 0 atom stereocenters. The first-order valence-corrected chi connectivity index (χ1v) is 7.86. The van der Waals surface area contributed by atoms with Crippen molar-refractivity contribution in [1.29, 1.82) is 0 Å². The molecule has 1 aromatic rings. The van der Waals surface area contributed by atoms with E-state index in [0.29, 0.717) is 6.04 Å². The van der Waals surface area contributed by atoms with Crippen LogP contribution in [0.2, 0.25) is 0 Å². The zero-order chi connectivity index (χ0) is 14.2. The second-order valence-electron chi connectivity index (χ2n) is 6.74. The van der Waals surface area contributed by atoms with Gasteiger partial charge in [0.15, 0.2) is 0 Å². The summed E-state index contributed by atoms with van der Waals surface area (Å²) in [4.78, 5) is 6.93. The Morgan fingerprint density at radius 1 is 1.25 bits per heavy atom. The quantitative estimate of drug-likeness (QED) is 0.721. The second kappa shape index (κ2) is 5.13. The van der Waals surface area contributed by atoms with E-state index in [2.05, 4.69) is 42.5 Å². The highest BCUT2D eigenvalue weighted by molar-refractivity contribution is 5.60. The van der Waals surface area contributed by atoms with E-state index < -0.39 is 0 Å². The number of rotatable bonds is 1. The molecule has 2 heteroatoms. The third kappa shape index (κ3) is 2.68. The van der Waals surface area contributed by atoms with Gasteiger partial charge in [0.1, 0.15) is 0 Å². The van der Waals surface area contributed by atoms with Crippen LogP contribution in [0.3, 0.4) is 0 Å². The van der Waals surface area contributed by atoms with Gasteiger partial charge in [-0.05, 0) is 58.4 Å². The molecule has 3 rings (SSSR count). The molecule has 20 heavy (non-hydrogen) atoms. The summed E-state index contributed by atoms with van der Waals surface area (Å²) in [6.07, 6.45) is 10.2. The van der Waals surface area contributed by atoms with Gasteiger partial charge in [-0.25, -0.2) is 0 Å². The number of aromatic nitrogens is 1. The first-order valence-electron chi connectivity index (χ1n) is 7.86. The SMILES string of the molecule is CC(C)N1CCCCc2c(C#CC3(C)CC3)cncc21. The van der Waals surface area contributed by atoms with E-state index in [-0.39, 0.29) is 5.41 Å². The Bertz CT molecular complexity index is 559. The van der Waals surface area contributed by atoms with E-state index in [9.17, 15) is 0 Å². The van der Waals surface area contributed by atoms with Gasteiger partial charge in [-0.1, -0.05) is 11.8 Å². The summed E-state index contributed by atoms with van der Waals surface area (Å²) in [6.45, 7) is 7.92. The molecule has 2 aliphatic rings. The van der Waals surface area contributed by atoms with E-state index in [0.717, 1.165) is 18.5 Å². The zero-order valence-electron chi connectivity index (χ0n) is 12.9. The number of pyridine rings is 1. The molecule has 0 bridgehead atoms. The zero-order valence-corrected chi connectivity index (χ0v) is 12.9. The summed E-state index contributed by atoms with van der Waals surface area (Å²) < 4.78 is 0. The molecule has 0 unspecified atom stereocenters. The van der Waals surface area contributed by atoms with Crippen molar-refractivity contribution in [1.82, 2.24) is 4.98 Å². The van der Waals surface area contributed by atoms with Gasteiger partial charge in [0, 0.05) is 29.8 Å². The van der Waals surface area contributed by atoms with Crippen molar-refractivity contribution in [3.05, 3.63) is 23.5 Å². The van der Waals surface area contributed by atoms with Crippen LogP contribution < -0.4 is 4.90 Å². The van der Waals surface area contributed by atoms with E-state index in [1.54, 1.807) is 0 Å². The molecule has 1 fully saturated rings. The summed E-state index contributed by atoms with van der Waals surface area (Å²) in [5, 5.41) is 0. The molecule has 1 saturated carbocycles. The summed E-state index contributed by atoms with van der Waals surface area (Å²) >= 11 is 0. The fraction of sp³-hybridized carbons (Fsp3) is 0.611. The van der Waals surface area contributed by atoms with Crippen LogP contribution in [0.15, 0.2) is 12.4 Å². The monoisotopic (exact) mass is 268 g/mol. The molecule has 1 aliphatic carbocycles. The van der Waals surface area contributed by atoms with E-state index in [4.69, 9.17) is 0 Å². The Kier molecular flexibility index (Phi) is 3.46. The van der Waals surface area contributed by atoms with Crippen molar-refractivity contribution in [2.24, 2.45) is 5.41 Å². The van der Waals surface area contributed by atoms with Crippen LogP contribution in [0.1, 0.15) is 57.6 Å². The fourth-order valence-electron chi connectivity index (χ4n) is 2.87. The molecular weight excluding hydrogens is 244 g/mol. The molecule has 106 valence electrons. The van der Waals surface area contributed by atoms with Gasteiger partial charge in [0.25, 0.3) is 0 Å². The molecule has 2 nitrogen and oxygen atoms in total. The lowest BCUT2D eigenvalue weighted by Gasteiger charge is -2.29. The summed E-state index contributed by atoms with van der Waals surface area (Å²) in [7, 11) is 0. The third-order valence-electron chi connectivity index (χ3n) is 4.54. The molecule has 0 saturated heterocycles. The van der Waals surface area contributed by atoms with E-state index >= 15 is 0 Å². The predicted octanol–water partition coefficient (Wildman–Crippen LogP) is 3.78. The second-order valence-corrected chi connectivity index (χ2v) is 6.74. The van der Waals surface area contributed by atoms with Gasteiger partial charge in [-0.3, -0.25) is 4.98 Å². The van der Waals surface area contributed by atoms with Crippen LogP contribution in [0.4, 0.5) is 5.69 Å². The van der Waals surface area contributed by atoms with Crippen molar-refractivity contribution < 1.29 is 0 Å². The molecular formula is C18H24N2. The van der Waals surface area contributed by atoms with Crippen LogP contribution in [0.5, 0.6) is 0 Å². The predicted molar refractivity (Wildman–Crippen MR) is 83.9 cm³/mol. The van der Waals surface area contributed by atoms with Gasteiger partial charge < -0.3 is 4.90 Å². The number of hydrogen-bond acceptors (Lipinski definition) is 2. The highest BCUT2D eigenvalue weighted by Gasteiger charge is 2.35. The molecule has 1 aromatic heterocycles. The van der Waals surface area contributed by atoms with Crippen LogP contribution in [-0.2, 0) is 6.42 Å². The maximum absolute atomic E-state index is 4.45. The standard InChI is InChI=1S/C18H24N2/c1-14(2)20-11-5-4-6-16-15(12-19-13-17(16)20)7-8-18(3)9-10-18/h12-14H,4-6,9-11H2,1-3H3. The fourth-order valence-corrected chi connectivity index (χ4v) is 2.87. The third-order valence-corrected chi connectivity index (χ3v) is 4.54. The van der Waals surface area contributed by atoms with Crippen LogP contribution >= 0.6 is 0 Å². The number of fused-ring (bicyclic) bond motifs is 1. The summed E-state index contributed by atoms with van der Waals surface area (Å²) in [6, 6.07) is 0.526. The first-order chi connectivity index (χ1) is 9.59. The lowest BCUT2D eigenvalue weighted by Crippen LogP contribution is -2.31. The highest BCUT2D eigenvalue weighted by atomic mass is 15.2. The maximum Gasteiger partial charge on any atom is 0.0600 e. The van der Waals surface area contributed by atoms with Gasteiger partial charge in [-0.2, -0.15) is 0 Å². The average molecular weight is 268 g/mol.